The highest BCUT2D eigenvalue weighted by Gasteiger charge is 2.37. The summed E-state index contributed by atoms with van der Waals surface area (Å²) in [6.45, 7) is 4.17. The van der Waals surface area contributed by atoms with Gasteiger partial charge in [-0.1, -0.05) is 52.0 Å². The first-order valence-electron chi connectivity index (χ1n) is 7.65. The molecule has 1 saturated heterocycles. The Morgan fingerprint density at radius 3 is 2.76 bits per heavy atom. The molecular formula is C18H16BrN3OS2. The Balaban J connectivity index is 1.74. The van der Waals surface area contributed by atoms with Gasteiger partial charge < -0.3 is 0 Å². The third kappa shape index (κ3) is 4.68. The molecule has 0 N–H and O–H groups in total. The van der Waals surface area contributed by atoms with Crippen molar-refractivity contribution in [1.29, 1.82) is 0 Å². The van der Waals surface area contributed by atoms with Crippen molar-refractivity contribution in [3.8, 4) is 0 Å². The Morgan fingerprint density at radius 1 is 1.28 bits per heavy atom. The summed E-state index contributed by atoms with van der Waals surface area (Å²) in [4.78, 5) is 15.4. The van der Waals surface area contributed by atoms with Crippen molar-refractivity contribution in [3.05, 3.63) is 69.3 Å². The van der Waals surface area contributed by atoms with Gasteiger partial charge in [0.1, 0.15) is 0 Å². The molecule has 1 fully saturated rings. The third-order valence-electron chi connectivity index (χ3n) is 3.54. The van der Waals surface area contributed by atoms with Gasteiger partial charge in [-0.25, -0.2) is 0 Å². The quantitative estimate of drug-likeness (QED) is 0.380. The first kappa shape index (κ1) is 18.1. The maximum atomic E-state index is 12.7. The first-order chi connectivity index (χ1) is 12.2. The maximum Gasteiger partial charge on any atom is 0.242 e. The zero-order valence-electron chi connectivity index (χ0n) is 13.3. The van der Waals surface area contributed by atoms with Gasteiger partial charge in [-0.3, -0.25) is 9.69 Å². The molecule has 128 valence electrons. The number of rotatable bonds is 6. The smallest absolute Gasteiger partial charge is 0.242 e. The Hall–Kier alpha value is -1.70. The fourth-order valence-electron chi connectivity index (χ4n) is 2.35. The van der Waals surface area contributed by atoms with Crippen LogP contribution in [-0.4, -0.2) is 34.0 Å². The lowest BCUT2D eigenvalue weighted by Crippen LogP contribution is -2.32. The van der Waals surface area contributed by atoms with Gasteiger partial charge in [0.2, 0.25) is 5.91 Å². The summed E-state index contributed by atoms with van der Waals surface area (Å²) < 4.78 is 1.03. The van der Waals surface area contributed by atoms with Gasteiger partial charge in [0.05, 0.1) is 11.5 Å². The topological polar surface area (TPSA) is 45.0 Å². The molecule has 0 aliphatic carbocycles. The Labute approximate surface area is 163 Å². The summed E-state index contributed by atoms with van der Waals surface area (Å²) in [5.41, 5.74) is 1.12. The van der Waals surface area contributed by atoms with Gasteiger partial charge in [0, 0.05) is 15.9 Å². The number of carbonyl (C=O) groups is 1. The highest BCUT2D eigenvalue weighted by molar-refractivity contribution is 9.10. The van der Waals surface area contributed by atoms with Crippen LogP contribution in [0.25, 0.3) is 0 Å². The molecule has 0 spiro atoms. The highest BCUT2D eigenvalue weighted by atomic mass is 79.9. The van der Waals surface area contributed by atoms with E-state index in [1.807, 2.05) is 41.8 Å². The number of amides is 1. The lowest BCUT2D eigenvalue weighted by Gasteiger charge is -2.12. The summed E-state index contributed by atoms with van der Waals surface area (Å²) in [7, 11) is 0. The van der Waals surface area contributed by atoms with Crippen molar-refractivity contribution in [2.24, 2.45) is 10.2 Å². The normalized spacial score (nSPS) is 19.2. The van der Waals surface area contributed by atoms with E-state index in [1.165, 1.54) is 11.8 Å². The fraction of sp³-hybridized carbons (Fsp3) is 0.167. The second-order valence-electron chi connectivity index (χ2n) is 5.32. The van der Waals surface area contributed by atoms with E-state index < -0.39 is 0 Å². The van der Waals surface area contributed by atoms with E-state index in [4.69, 9.17) is 0 Å². The standard InChI is InChI=1S/C18H16BrN3OS2/c1-2-9-22-17(23)16(11-13-5-7-14(19)8-6-13)25-18(22)21-20-12-15-4-3-10-24-15/h2-8,10,12,16H,1,9,11H2/b20-12-,21-18-/t16-/m0/s1. The van der Waals surface area contributed by atoms with Crippen LogP contribution in [0.15, 0.2) is 69.1 Å². The molecule has 1 aliphatic rings. The number of carbonyl (C=O) groups excluding carboxylic acids is 1. The molecular weight excluding hydrogens is 418 g/mol. The van der Waals surface area contributed by atoms with Crippen LogP contribution in [0.2, 0.25) is 0 Å². The van der Waals surface area contributed by atoms with Crippen molar-refractivity contribution in [1.82, 2.24) is 4.90 Å². The second-order valence-corrected chi connectivity index (χ2v) is 8.38. The van der Waals surface area contributed by atoms with Crippen LogP contribution in [-0.2, 0) is 11.2 Å². The average Bonchev–Trinajstić information content (AvgIpc) is 3.21. The van der Waals surface area contributed by atoms with Crippen LogP contribution in [0, 0.1) is 0 Å². The molecule has 1 aromatic heterocycles. The molecule has 3 rings (SSSR count). The molecule has 2 heterocycles. The lowest BCUT2D eigenvalue weighted by molar-refractivity contribution is -0.125. The summed E-state index contributed by atoms with van der Waals surface area (Å²) in [6, 6.07) is 12.0. The molecule has 0 radical (unpaired) electrons. The molecule has 1 aromatic carbocycles. The van der Waals surface area contributed by atoms with E-state index in [0.717, 1.165) is 14.9 Å². The molecule has 0 saturated carbocycles. The first-order valence-corrected chi connectivity index (χ1v) is 10.2. The van der Waals surface area contributed by atoms with E-state index >= 15 is 0 Å². The molecule has 1 aliphatic heterocycles. The van der Waals surface area contributed by atoms with E-state index in [0.29, 0.717) is 18.1 Å². The Bertz CT molecular complexity index is 800. The second kappa shape index (κ2) is 8.60. The number of halogens is 1. The molecule has 2 aromatic rings. The predicted octanol–water partition coefficient (Wildman–Crippen LogP) is 4.57. The van der Waals surface area contributed by atoms with Gasteiger partial charge in [-0.05, 0) is 35.6 Å². The van der Waals surface area contributed by atoms with Crippen molar-refractivity contribution in [2.45, 2.75) is 11.7 Å². The number of nitrogens with zero attached hydrogens (tertiary/aromatic N) is 3. The number of benzene rings is 1. The summed E-state index contributed by atoms with van der Waals surface area (Å²) in [5.74, 6) is 0.0536. The Morgan fingerprint density at radius 2 is 2.08 bits per heavy atom. The van der Waals surface area contributed by atoms with Crippen molar-refractivity contribution in [2.75, 3.05) is 6.54 Å². The van der Waals surface area contributed by atoms with Crippen LogP contribution < -0.4 is 0 Å². The van der Waals surface area contributed by atoms with Crippen molar-refractivity contribution >= 4 is 56.3 Å². The molecule has 4 nitrogen and oxygen atoms in total. The minimum Gasteiger partial charge on any atom is -0.285 e. The monoisotopic (exact) mass is 433 g/mol. The van der Waals surface area contributed by atoms with Crippen LogP contribution in [0.4, 0.5) is 0 Å². The van der Waals surface area contributed by atoms with Gasteiger partial charge in [-0.2, -0.15) is 5.10 Å². The van der Waals surface area contributed by atoms with Gasteiger partial charge in [0.15, 0.2) is 5.17 Å². The molecule has 0 bridgehead atoms. The molecule has 7 heteroatoms. The number of thioether (sulfide) groups is 1. The van der Waals surface area contributed by atoms with E-state index in [1.54, 1.807) is 28.5 Å². The van der Waals surface area contributed by atoms with Crippen LogP contribution in [0.1, 0.15) is 10.4 Å². The Kier molecular flexibility index (Phi) is 6.23. The summed E-state index contributed by atoms with van der Waals surface area (Å²) in [6.07, 6.45) is 4.08. The minimum absolute atomic E-state index is 0.0536. The number of hydrogen-bond acceptors (Lipinski definition) is 5. The van der Waals surface area contributed by atoms with Crippen molar-refractivity contribution in [3.63, 3.8) is 0 Å². The van der Waals surface area contributed by atoms with E-state index in [2.05, 4.69) is 32.7 Å². The SMILES string of the molecule is C=CCN1C(=O)[C@H](Cc2ccc(Br)cc2)S/C1=N\N=C/c1cccs1. The number of hydrogen-bond donors (Lipinski definition) is 0. The largest absolute Gasteiger partial charge is 0.285 e. The molecule has 1 atom stereocenters. The van der Waals surface area contributed by atoms with Crippen LogP contribution in [0.5, 0.6) is 0 Å². The zero-order chi connectivity index (χ0) is 17.6. The third-order valence-corrected chi connectivity index (χ3v) is 6.04. The van der Waals surface area contributed by atoms with Crippen LogP contribution in [0.3, 0.4) is 0 Å². The zero-order valence-corrected chi connectivity index (χ0v) is 16.6. The van der Waals surface area contributed by atoms with Gasteiger partial charge in [0.25, 0.3) is 0 Å². The van der Waals surface area contributed by atoms with Gasteiger partial charge >= 0.3 is 0 Å². The summed E-state index contributed by atoms with van der Waals surface area (Å²) >= 11 is 6.48. The predicted molar refractivity (Wildman–Crippen MR) is 110 cm³/mol. The minimum atomic E-state index is -0.184. The summed E-state index contributed by atoms with van der Waals surface area (Å²) in [5, 5.41) is 10.8. The maximum absolute atomic E-state index is 12.7. The van der Waals surface area contributed by atoms with Crippen molar-refractivity contribution < 1.29 is 4.79 Å². The fourth-order valence-corrected chi connectivity index (χ4v) is 4.34. The van der Waals surface area contributed by atoms with E-state index in [9.17, 15) is 4.79 Å². The van der Waals surface area contributed by atoms with Gasteiger partial charge in [-0.15, -0.1) is 23.0 Å². The number of amidine groups is 1. The molecule has 1 amide bonds. The van der Waals surface area contributed by atoms with Crippen LogP contribution >= 0.6 is 39.0 Å². The average molecular weight is 434 g/mol. The lowest BCUT2D eigenvalue weighted by atomic mass is 10.1. The number of thiophene rings is 1. The van der Waals surface area contributed by atoms with E-state index in [-0.39, 0.29) is 11.2 Å². The highest BCUT2D eigenvalue weighted by Crippen LogP contribution is 2.30. The molecule has 0 unspecified atom stereocenters. The molecule has 25 heavy (non-hydrogen) atoms.